The maximum Gasteiger partial charge on any atom is 0.407 e. The fraction of sp³-hybridized carbons (Fsp3) is 0.444. The molecule has 1 aromatic rings. The minimum Gasteiger partial charge on any atom is -0.465 e. The van der Waals surface area contributed by atoms with Crippen LogP contribution in [0.4, 0.5) is 9.80 Å². The molecule has 1 saturated heterocycles. The van der Waals surface area contributed by atoms with Gasteiger partial charge in [0.1, 0.15) is 10.0 Å². The monoisotopic (exact) mass is 256 g/mol. The van der Waals surface area contributed by atoms with Crippen LogP contribution in [0, 0.1) is 0 Å². The molecule has 0 aromatic carbocycles. The zero-order chi connectivity index (χ0) is 12.6. The Balaban J connectivity index is 2.31. The summed E-state index contributed by atoms with van der Waals surface area (Å²) < 4.78 is 0. The lowest BCUT2D eigenvalue weighted by molar-refractivity contribution is 0.0997. The Morgan fingerprint density at radius 1 is 1.53 bits per heavy atom. The third-order valence-electron chi connectivity index (χ3n) is 2.69. The summed E-state index contributed by atoms with van der Waals surface area (Å²) in [6, 6.07) is -0.312. The average molecular weight is 256 g/mol. The molecule has 1 aliphatic heterocycles. The number of hydrogen-bond acceptors (Lipinski definition) is 5. The van der Waals surface area contributed by atoms with E-state index in [1.54, 1.807) is 0 Å². The van der Waals surface area contributed by atoms with E-state index >= 15 is 0 Å². The van der Waals surface area contributed by atoms with Gasteiger partial charge in [-0.05, 0) is 12.8 Å². The van der Waals surface area contributed by atoms with Crippen LogP contribution in [0.25, 0.3) is 0 Å². The summed E-state index contributed by atoms with van der Waals surface area (Å²) >= 11 is 1.12. The summed E-state index contributed by atoms with van der Waals surface area (Å²) in [6.07, 6.45) is 0.488. The van der Waals surface area contributed by atoms with Gasteiger partial charge in [-0.3, -0.25) is 9.69 Å². The van der Waals surface area contributed by atoms with Crippen molar-refractivity contribution in [3.63, 3.8) is 0 Å². The molecule has 17 heavy (non-hydrogen) atoms. The van der Waals surface area contributed by atoms with Gasteiger partial charge in [-0.25, -0.2) is 9.78 Å². The van der Waals surface area contributed by atoms with E-state index in [2.05, 4.69) is 4.98 Å². The minimum absolute atomic E-state index is 0.0299. The first kappa shape index (κ1) is 11.6. The number of aromatic nitrogens is 1. The summed E-state index contributed by atoms with van der Waals surface area (Å²) in [5, 5.41) is 9.79. The van der Waals surface area contributed by atoms with Gasteiger partial charge < -0.3 is 16.6 Å². The van der Waals surface area contributed by atoms with Crippen molar-refractivity contribution >= 4 is 28.3 Å². The summed E-state index contributed by atoms with van der Waals surface area (Å²) in [5.41, 5.74) is 10.8. The molecule has 8 heteroatoms. The molecule has 0 radical (unpaired) electrons. The number of carbonyl (C=O) groups excluding carboxylic acids is 1. The van der Waals surface area contributed by atoms with E-state index in [1.165, 1.54) is 4.90 Å². The number of carbonyl (C=O) groups is 2. The number of carboxylic acid groups (broad SMARTS) is 1. The number of primary amides is 1. The Bertz CT molecular complexity index is 473. The molecule has 1 atom stereocenters. The van der Waals surface area contributed by atoms with Crippen molar-refractivity contribution in [2.75, 3.05) is 12.3 Å². The van der Waals surface area contributed by atoms with Gasteiger partial charge in [0, 0.05) is 6.54 Å². The van der Waals surface area contributed by atoms with Crippen LogP contribution in [0.15, 0.2) is 0 Å². The number of amides is 2. The lowest BCUT2D eigenvalue weighted by Crippen LogP contribution is -2.28. The molecule has 0 saturated carbocycles. The standard InChI is InChI=1S/C9H12N4O3S/c10-6(14)5-7(11)17-8(12-5)4-2-1-3-13(4)9(15)16/h4H,1-3,11H2,(H2,10,14)(H,15,16). The Labute approximate surface area is 101 Å². The molecule has 2 rings (SSSR count). The largest absolute Gasteiger partial charge is 0.465 e. The topological polar surface area (TPSA) is 123 Å². The van der Waals surface area contributed by atoms with Crippen molar-refractivity contribution < 1.29 is 14.7 Å². The molecule has 0 bridgehead atoms. The number of anilines is 1. The predicted octanol–water partition coefficient (Wildman–Crippen LogP) is 0.639. The lowest BCUT2D eigenvalue weighted by atomic mass is 10.2. The first-order valence-corrected chi connectivity index (χ1v) is 5.88. The molecule has 2 amide bonds. The van der Waals surface area contributed by atoms with E-state index in [1.807, 2.05) is 0 Å². The second-order valence-electron chi connectivity index (χ2n) is 3.76. The predicted molar refractivity (Wildman–Crippen MR) is 61.8 cm³/mol. The van der Waals surface area contributed by atoms with Gasteiger partial charge in [0.25, 0.3) is 5.91 Å². The molecule has 0 aliphatic carbocycles. The van der Waals surface area contributed by atoms with Gasteiger partial charge in [-0.15, -0.1) is 0 Å². The Morgan fingerprint density at radius 3 is 2.76 bits per heavy atom. The van der Waals surface area contributed by atoms with E-state index in [4.69, 9.17) is 16.6 Å². The van der Waals surface area contributed by atoms with Crippen molar-refractivity contribution in [2.24, 2.45) is 5.73 Å². The Hall–Kier alpha value is -1.83. The van der Waals surface area contributed by atoms with Crippen LogP contribution < -0.4 is 11.5 Å². The van der Waals surface area contributed by atoms with Crippen LogP contribution in [-0.2, 0) is 0 Å². The normalized spacial score (nSPS) is 19.5. The third-order valence-corrected chi connectivity index (χ3v) is 3.67. The first-order chi connectivity index (χ1) is 8.00. The highest BCUT2D eigenvalue weighted by Crippen LogP contribution is 2.36. The molecule has 2 heterocycles. The fourth-order valence-corrected chi connectivity index (χ4v) is 2.91. The van der Waals surface area contributed by atoms with Crippen LogP contribution >= 0.6 is 11.3 Å². The molecule has 7 nitrogen and oxygen atoms in total. The SMILES string of the molecule is NC(=O)c1nc(C2CCCN2C(=O)O)sc1N. The molecular formula is C9H12N4O3S. The van der Waals surface area contributed by atoms with Gasteiger partial charge in [0.2, 0.25) is 0 Å². The number of nitrogen functional groups attached to an aromatic ring is 1. The van der Waals surface area contributed by atoms with Crippen LogP contribution in [0.5, 0.6) is 0 Å². The average Bonchev–Trinajstić information content (AvgIpc) is 2.82. The highest BCUT2D eigenvalue weighted by atomic mass is 32.1. The molecule has 0 spiro atoms. The summed E-state index contributed by atoms with van der Waals surface area (Å²) in [7, 11) is 0. The van der Waals surface area contributed by atoms with Gasteiger partial charge in [0.05, 0.1) is 6.04 Å². The molecule has 1 aromatic heterocycles. The summed E-state index contributed by atoms with van der Waals surface area (Å²) in [4.78, 5) is 27.4. The second-order valence-corrected chi connectivity index (χ2v) is 4.83. The second kappa shape index (κ2) is 4.21. The Kier molecular flexibility index (Phi) is 2.88. The zero-order valence-electron chi connectivity index (χ0n) is 8.92. The molecule has 1 fully saturated rings. The van der Waals surface area contributed by atoms with Crippen LogP contribution in [0.2, 0.25) is 0 Å². The van der Waals surface area contributed by atoms with Crippen molar-refractivity contribution in [2.45, 2.75) is 18.9 Å². The van der Waals surface area contributed by atoms with E-state index in [9.17, 15) is 9.59 Å². The number of thiazole rings is 1. The van der Waals surface area contributed by atoms with Crippen LogP contribution in [0.1, 0.15) is 34.4 Å². The van der Waals surface area contributed by atoms with Gasteiger partial charge in [-0.1, -0.05) is 11.3 Å². The number of nitrogens with two attached hydrogens (primary N) is 2. The van der Waals surface area contributed by atoms with Gasteiger partial charge in [-0.2, -0.15) is 0 Å². The number of hydrogen-bond donors (Lipinski definition) is 3. The smallest absolute Gasteiger partial charge is 0.407 e. The minimum atomic E-state index is -0.984. The molecule has 1 unspecified atom stereocenters. The van der Waals surface area contributed by atoms with Crippen molar-refractivity contribution in [1.82, 2.24) is 9.88 Å². The first-order valence-electron chi connectivity index (χ1n) is 5.06. The number of nitrogens with zero attached hydrogens (tertiary/aromatic N) is 2. The molecular weight excluding hydrogens is 244 g/mol. The fourth-order valence-electron chi connectivity index (χ4n) is 1.92. The van der Waals surface area contributed by atoms with E-state index < -0.39 is 12.0 Å². The molecule has 1 aliphatic rings. The number of rotatable bonds is 2. The van der Waals surface area contributed by atoms with Gasteiger partial charge in [0.15, 0.2) is 5.69 Å². The zero-order valence-corrected chi connectivity index (χ0v) is 9.74. The quantitative estimate of drug-likeness (QED) is 0.716. The van der Waals surface area contributed by atoms with Gasteiger partial charge >= 0.3 is 6.09 Å². The van der Waals surface area contributed by atoms with E-state index in [0.717, 1.165) is 17.8 Å². The summed E-state index contributed by atoms with van der Waals surface area (Å²) in [6.45, 7) is 0.478. The third kappa shape index (κ3) is 2.03. The van der Waals surface area contributed by atoms with E-state index in [0.29, 0.717) is 18.0 Å². The molecule has 92 valence electrons. The van der Waals surface area contributed by atoms with Crippen molar-refractivity contribution in [3.8, 4) is 0 Å². The summed E-state index contributed by atoms with van der Waals surface area (Å²) in [5.74, 6) is -0.690. The molecule has 5 N–H and O–H groups in total. The lowest BCUT2D eigenvalue weighted by Gasteiger charge is -2.18. The number of likely N-dealkylation sites (tertiary alicyclic amines) is 1. The van der Waals surface area contributed by atoms with Crippen molar-refractivity contribution in [3.05, 3.63) is 10.7 Å². The highest BCUT2D eigenvalue weighted by Gasteiger charge is 2.33. The van der Waals surface area contributed by atoms with Crippen LogP contribution in [0.3, 0.4) is 0 Å². The highest BCUT2D eigenvalue weighted by molar-refractivity contribution is 7.16. The van der Waals surface area contributed by atoms with Crippen LogP contribution in [-0.4, -0.2) is 33.5 Å². The maximum atomic E-state index is 11.0. The van der Waals surface area contributed by atoms with E-state index in [-0.39, 0.29) is 16.7 Å². The Morgan fingerprint density at radius 2 is 2.24 bits per heavy atom. The van der Waals surface area contributed by atoms with Crippen molar-refractivity contribution in [1.29, 1.82) is 0 Å². The maximum absolute atomic E-state index is 11.0.